The number of nitrogens with zero attached hydrogens (tertiary/aromatic N) is 1. The van der Waals surface area contributed by atoms with Crippen molar-refractivity contribution in [2.45, 2.75) is 33.7 Å². The predicted octanol–water partition coefficient (Wildman–Crippen LogP) is 2.91. The highest BCUT2D eigenvalue weighted by molar-refractivity contribution is 5.90. The summed E-state index contributed by atoms with van der Waals surface area (Å²) in [6.07, 6.45) is 0.0432. The first-order valence-corrected chi connectivity index (χ1v) is 6.37. The minimum Gasteiger partial charge on any atom is -0.496 e. The average Bonchev–Trinajstić information content (AvgIpc) is 2.60. The van der Waals surface area contributed by atoms with Crippen molar-refractivity contribution in [2.75, 3.05) is 7.11 Å². The van der Waals surface area contributed by atoms with Crippen molar-refractivity contribution in [3.05, 3.63) is 29.0 Å². The van der Waals surface area contributed by atoms with Crippen LogP contribution in [-0.4, -0.2) is 22.8 Å². The molecule has 0 fully saturated rings. The van der Waals surface area contributed by atoms with E-state index in [1.54, 1.807) is 7.11 Å². The van der Waals surface area contributed by atoms with Gasteiger partial charge >= 0.3 is 5.97 Å². The standard InChI is InChI=1S/C15H19NO3/c1-5-16-10(3)11(8-15(17)18)12-7-14(19-4)9(2)6-13(12)16/h6-7H,5,8H2,1-4H3,(H,17,18). The molecule has 0 unspecified atom stereocenters. The minimum absolute atomic E-state index is 0.0432. The summed E-state index contributed by atoms with van der Waals surface area (Å²) < 4.78 is 7.49. The van der Waals surface area contributed by atoms with Crippen molar-refractivity contribution in [3.63, 3.8) is 0 Å². The Labute approximate surface area is 112 Å². The first-order chi connectivity index (χ1) is 8.99. The maximum absolute atomic E-state index is 11.0. The smallest absolute Gasteiger partial charge is 0.307 e. The van der Waals surface area contributed by atoms with Crippen LogP contribution >= 0.6 is 0 Å². The number of aromatic nitrogens is 1. The number of hydrogen-bond donors (Lipinski definition) is 1. The van der Waals surface area contributed by atoms with Crippen LogP contribution in [0.3, 0.4) is 0 Å². The van der Waals surface area contributed by atoms with E-state index in [0.29, 0.717) is 0 Å². The number of aryl methyl sites for hydroxylation is 2. The van der Waals surface area contributed by atoms with Crippen LogP contribution in [-0.2, 0) is 17.8 Å². The maximum Gasteiger partial charge on any atom is 0.307 e. The van der Waals surface area contributed by atoms with Crippen LogP contribution in [0.1, 0.15) is 23.7 Å². The monoisotopic (exact) mass is 261 g/mol. The molecular formula is C15H19NO3. The molecule has 4 nitrogen and oxygen atoms in total. The molecule has 2 aromatic rings. The number of hydrogen-bond acceptors (Lipinski definition) is 2. The molecule has 0 saturated carbocycles. The zero-order valence-corrected chi connectivity index (χ0v) is 11.8. The number of methoxy groups -OCH3 is 1. The number of aliphatic carboxylic acids is 1. The number of carbonyl (C=O) groups is 1. The minimum atomic E-state index is -0.808. The molecule has 19 heavy (non-hydrogen) atoms. The Morgan fingerprint density at radius 1 is 1.37 bits per heavy atom. The van der Waals surface area contributed by atoms with Gasteiger partial charge in [-0.1, -0.05) is 0 Å². The number of benzene rings is 1. The Kier molecular flexibility index (Phi) is 3.51. The van der Waals surface area contributed by atoms with Crippen molar-refractivity contribution < 1.29 is 14.6 Å². The van der Waals surface area contributed by atoms with Gasteiger partial charge in [0.1, 0.15) is 5.75 Å². The molecule has 1 N–H and O–H groups in total. The van der Waals surface area contributed by atoms with Gasteiger partial charge in [-0.15, -0.1) is 0 Å². The zero-order chi connectivity index (χ0) is 14.2. The van der Waals surface area contributed by atoms with Gasteiger partial charge in [-0.25, -0.2) is 0 Å². The molecule has 102 valence electrons. The number of rotatable bonds is 4. The predicted molar refractivity (Wildman–Crippen MR) is 75.0 cm³/mol. The van der Waals surface area contributed by atoms with Crippen LogP contribution in [0.4, 0.5) is 0 Å². The van der Waals surface area contributed by atoms with Crippen LogP contribution < -0.4 is 4.74 Å². The number of carboxylic acids is 1. The topological polar surface area (TPSA) is 51.5 Å². The van der Waals surface area contributed by atoms with E-state index in [9.17, 15) is 4.79 Å². The highest BCUT2D eigenvalue weighted by Gasteiger charge is 2.17. The molecule has 0 aliphatic rings. The molecule has 0 atom stereocenters. The first-order valence-electron chi connectivity index (χ1n) is 6.37. The lowest BCUT2D eigenvalue weighted by atomic mass is 10.1. The van der Waals surface area contributed by atoms with Gasteiger partial charge in [-0.05, 0) is 44.0 Å². The molecule has 1 aromatic heterocycles. The largest absolute Gasteiger partial charge is 0.496 e. The second kappa shape index (κ2) is 4.96. The van der Waals surface area contributed by atoms with Gasteiger partial charge in [-0.2, -0.15) is 0 Å². The molecule has 0 bridgehead atoms. The van der Waals surface area contributed by atoms with Gasteiger partial charge in [0.15, 0.2) is 0 Å². The fourth-order valence-electron chi connectivity index (χ4n) is 2.68. The molecule has 2 rings (SSSR count). The van der Waals surface area contributed by atoms with E-state index in [0.717, 1.165) is 40.0 Å². The van der Waals surface area contributed by atoms with Crippen molar-refractivity contribution >= 4 is 16.9 Å². The Morgan fingerprint density at radius 3 is 2.58 bits per heavy atom. The van der Waals surface area contributed by atoms with Crippen LogP contribution in [0.2, 0.25) is 0 Å². The summed E-state index contributed by atoms with van der Waals surface area (Å²) in [4.78, 5) is 11.0. The molecule has 0 amide bonds. The van der Waals surface area contributed by atoms with Gasteiger partial charge in [0, 0.05) is 23.1 Å². The zero-order valence-electron chi connectivity index (χ0n) is 11.8. The summed E-state index contributed by atoms with van der Waals surface area (Å²) in [5, 5.41) is 10.0. The van der Waals surface area contributed by atoms with Crippen LogP contribution in [0, 0.1) is 13.8 Å². The van der Waals surface area contributed by atoms with E-state index in [-0.39, 0.29) is 6.42 Å². The molecule has 0 aliphatic carbocycles. The van der Waals surface area contributed by atoms with Gasteiger partial charge in [0.25, 0.3) is 0 Å². The van der Waals surface area contributed by atoms with Crippen molar-refractivity contribution in [1.82, 2.24) is 4.57 Å². The summed E-state index contributed by atoms with van der Waals surface area (Å²) in [7, 11) is 1.63. The number of carboxylic acid groups (broad SMARTS) is 1. The third-order valence-corrected chi connectivity index (χ3v) is 3.61. The summed E-state index contributed by atoms with van der Waals surface area (Å²) in [5.74, 6) is -0.00909. The summed E-state index contributed by atoms with van der Waals surface area (Å²) >= 11 is 0. The second-order valence-electron chi connectivity index (χ2n) is 4.72. The van der Waals surface area contributed by atoms with E-state index in [4.69, 9.17) is 9.84 Å². The number of fused-ring (bicyclic) bond motifs is 1. The SMILES string of the molecule is CCn1c(C)c(CC(=O)O)c2cc(OC)c(C)cc21. The fourth-order valence-corrected chi connectivity index (χ4v) is 2.68. The fraction of sp³-hybridized carbons (Fsp3) is 0.400. The van der Waals surface area contributed by atoms with Crippen molar-refractivity contribution in [1.29, 1.82) is 0 Å². The normalized spacial score (nSPS) is 10.9. The third-order valence-electron chi connectivity index (χ3n) is 3.61. The van der Waals surface area contributed by atoms with Crippen LogP contribution in [0.5, 0.6) is 5.75 Å². The summed E-state index contributed by atoms with van der Waals surface area (Å²) in [6.45, 7) is 6.87. The average molecular weight is 261 g/mol. The molecule has 0 aliphatic heterocycles. The number of ether oxygens (including phenoxy) is 1. The van der Waals surface area contributed by atoms with Crippen molar-refractivity contribution in [2.24, 2.45) is 0 Å². The first kappa shape index (κ1) is 13.5. The van der Waals surface area contributed by atoms with Gasteiger partial charge in [0.05, 0.1) is 13.5 Å². The Bertz CT molecular complexity index is 641. The van der Waals surface area contributed by atoms with E-state index in [1.165, 1.54) is 0 Å². The van der Waals surface area contributed by atoms with E-state index in [2.05, 4.69) is 17.6 Å². The lowest BCUT2D eigenvalue weighted by molar-refractivity contribution is -0.136. The molecule has 0 spiro atoms. The molecule has 0 saturated heterocycles. The lowest BCUT2D eigenvalue weighted by Gasteiger charge is -2.07. The van der Waals surface area contributed by atoms with Crippen molar-refractivity contribution in [3.8, 4) is 5.75 Å². The third kappa shape index (κ3) is 2.18. The van der Waals surface area contributed by atoms with Gasteiger partial charge < -0.3 is 14.4 Å². The lowest BCUT2D eigenvalue weighted by Crippen LogP contribution is -2.03. The second-order valence-corrected chi connectivity index (χ2v) is 4.72. The Balaban J connectivity index is 2.79. The molecule has 1 heterocycles. The van der Waals surface area contributed by atoms with Gasteiger partial charge in [0.2, 0.25) is 0 Å². The maximum atomic E-state index is 11.0. The Morgan fingerprint density at radius 2 is 2.05 bits per heavy atom. The Hall–Kier alpha value is -1.97. The van der Waals surface area contributed by atoms with Crippen LogP contribution in [0.15, 0.2) is 12.1 Å². The molecular weight excluding hydrogens is 242 g/mol. The van der Waals surface area contributed by atoms with Gasteiger partial charge in [-0.3, -0.25) is 4.79 Å². The summed E-state index contributed by atoms with van der Waals surface area (Å²) in [6, 6.07) is 4.01. The molecule has 0 radical (unpaired) electrons. The molecule has 1 aromatic carbocycles. The quantitative estimate of drug-likeness (QED) is 0.920. The highest BCUT2D eigenvalue weighted by atomic mass is 16.5. The van der Waals surface area contributed by atoms with E-state index in [1.807, 2.05) is 19.9 Å². The van der Waals surface area contributed by atoms with E-state index >= 15 is 0 Å². The van der Waals surface area contributed by atoms with E-state index < -0.39 is 5.97 Å². The van der Waals surface area contributed by atoms with Crippen LogP contribution in [0.25, 0.3) is 10.9 Å². The highest BCUT2D eigenvalue weighted by Crippen LogP contribution is 2.32. The summed E-state index contributed by atoms with van der Waals surface area (Å²) in [5.41, 5.74) is 4.04. The molecule has 4 heteroatoms.